The first-order valence-electron chi connectivity index (χ1n) is 8.48. The molecule has 0 bridgehead atoms. The van der Waals surface area contributed by atoms with Crippen LogP contribution in [0.15, 0.2) is 0 Å². The SMILES string of the molecule is CC#CC(=O)CCC(=O)C(C)(C)C.CC#CC(=O)NCC(=O)C(C)(C)C. The molecule has 144 valence electrons. The third-order valence-corrected chi connectivity index (χ3v) is 3.16. The van der Waals surface area contributed by atoms with Crippen LogP contribution in [0, 0.1) is 34.5 Å². The maximum Gasteiger partial charge on any atom is 0.296 e. The van der Waals surface area contributed by atoms with Crippen molar-refractivity contribution in [3.05, 3.63) is 0 Å². The number of amides is 1. The fraction of sp³-hybridized carbons (Fsp3) is 0.619. The van der Waals surface area contributed by atoms with Gasteiger partial charge in [-0.2, -0.15) is 0 Å². The highest BCUT2D eigenvalue weighted by molar-refractivity contribution is 5.98. The van der Waals surface area contributed by atoms with Crippen molar-refractivity contribution in [3.63, 3.8) is 0 Å². The van der Waals surface area contributed by atoms with Crippen LogP contribution in [0.2, 0.25) is 0 Å². The third-order valence-electron chi connectivity index (χ3n) is 3.16. The van der Waals surface area contributed by atoms with E-state index in [-0.39, 0.29) is 35.7 Å². The summed E-state index contributed by atoms with van der Waals surface area (Å²) >= 11 is 0. The zero-order chi connectivity index (χ0) is 21.0. The molecule has 0 radical (unpaired) electrons. The largest absolute Gasteiger partial charge is 0.338 e. The summed E-state index contributed by atoms with van der Waals surface area (Å²) in [5.41, 5.74) is -0.757. The molecule has 0 aromatic heterocycles. The number of ketones is 3. The predicted octanol–water partition coefficient (Wildman–Crippen LogP) is 2.72. The molecule has 0 aromatic rings. The Hall–Kier alpha value is -2.40. The molecule has 0 unspecified atom stereocenters. The lowest BCUT2D eigenvalue weighted by molar-refractivity contribution is -0.128. The van der Waals surface area contributed by atoms with Crippen molar-refractivity contribution < 1.29 is 19.2 Å². The first-order chi connectivity index (χ1) is 11.8. The Morgan fingerprint density at radius 3 is 1.58 bits per heavy atom. The molecule has 0 aliphatic heterocycles. The third kappa shape index (κ3) is 14.0. The molecule has 26 heavy (non-hydrogen) atoms. The maximum atomic E-state index is 11.4. The first kappa shape index (κ1) is 25.8. The van der Waals surface area contributed by atoms with E-state index in [0.29, 0.717) is 6.42 Å². The van der Waals surface area contributed by atoms with E-state index in [1.54, 1.807) is 13.8 Å². The quantitative estimate of drug-likeness (QED) is 0.603. The molecule has 0 aliphatic carbocycles. The second kappa shape index (κ2) is 12.0. The van der Waals surface area contributed by atoms with Gasteiger partial charge in [-0.05, 0) is 25.7 Å². The van der Waals surface area contributed by atoms with Crippen LogP contribution in [0.1, 0.15) is 68.2 Å². The fourth-order valence-electron chi connectivity index (χ4n) is 1.39. The molecular weight excluding hydrogens is 330 g/mol. The molecule has 0 rings (SSSR count). The van der Waals surface area contributed by atoms with Crippen LogP contribution in [0.3, 0.4) is 0 Å². The van der Waals surface area contributed by atoms with Gasteiger partial charge in [0.05, 0.1) is 6.54 Å². The van der Waals surface area contributed by atoms with Crippen LogP contribution in [-0.2, 0) is 19.2 Å². The van der Waals surface area contributed by atoms with Crippen molar-refractivity contribution in [1.29, 1.82) is 0 Å². The number of carbonyl (C=O) groups is 4. The average molecular weight is 361 g/mol. The van der Waals surface area contributed by atoms with Crippen LogP contribution in [-0.4, -0.2) is 29.8 Å². The van der Waals surface area contributed by atoms with Crippen LogP contribution in [0.5, 0.6) is 0 Å². The second-order valence-electron chi connectivity index (χ2n) is 7.70. The van der Waals surface area contributed by atoms with Gasteiger partial charge in [0.25, 0.3) is 5.91 Å². The van der Waals surface area contributed by atoms with Crippen molar-refractivity contribution in [2.45, 2.75) is 68.2 Å². The molecule has 1 N–H and O–H groups in total. The number of hydrogen-bond donors (Lipinski definition) is 1. The van der Waals surface area contributed by atoms with Crippen LogP contribution < -0.4 is 5.32 Å². The van der Waals surface area contributed by atoms with E-state index in [2.05, 4.69) is 29.0 Å². The zero-order valence-electron chi connectivity index (χ0n) is 17.3. The lowest BCUT2D eigenvalue weighted by Crippen LogP contribution is -2.34. The van der Waals surface area contributed by atoms with Gasteiger partial charge in [-0.25, -0.2) is 0 Å². The van der Waals surface area contributed by atoms with E-state index in [1.807, 2.05) is 41.5 Å². The van der Waals surface area contributed by atoms with Gasteiger partial charge in [-0.3, -0.25) is 19.2 Å². The Balaban J connectivity index is 0. The number of carbonyl (C=O) groups excluding carboxylic acids is 4. The van der Waals surface area contributed by atoms with E-state index >= 15 is 0 Å². The summed E-state index contributed by atoms with van der Waals surface area (Å²) in [4.78, 5) is 44.5. The molecule has 0 saturated heterocycles. The monoisotopic (exact) mass is 361 g/mol. The minimum absolute atomic E-state index is 0.00115. The van der Waals surface area contributed by atoms with Crippen LogP contribution >= 0.6 is 0 Å². The van der Waals surface area contributed by atoms with Gasteiger partial charge in [0.2, 0.25) is 5.78 Å². The highest BCUT2D eigenvalue weighted by atomic mass is 16.2. The van der Waals surface area contributed by atoms with E-state index in [0.717, 1.165) is 0 Å². The maximum absolute atomic E-state index is 11.4. The minimum atomic E-state index is -0.410. The molecule has 0 saturated carbocycles. The van der Waals surface area contributed by atoms with Crippen LogP contribution in [0.25, 0.3) is 0 Å². The summed E-state index contributed by atoms with van der Waals surface area (Å²) < 4.78 is 0. The van der Waals surface area contributed by atoms with Crippen molar-refractivity contribution in [1.82, 2.24) is 5.32 Å². The van der Waals surface area contributed by atoms with Crippen molar-refractivity contribution in [3.8, 4) is 23.7 Å². The number of hydrogen-bond acceptors (Lipinski definition) is 4. The lowest BCUT2D eigenvalue weighted by Gasteiger charge is -2.15. The standard InChI is InChI=1S/C11H16O2.C10H15NO2/c1-5-6-9(12)7-8-10(13)11(2,3)4;1-5-6-9(13)11-7-8(12)10(2,3)4/h7-8H2,1-4H3;7H2,1-4H3,(H,11,13). The number of Topliss-reactive ketones (excluding diaryl/α,β-unsaturated/α-hetero) is 3. The zero-order valence-corrected chi connectivity index (χ0v) is 17.3. The Morgan fingerprint density at radius 2 is 1.19 bits per heavy atom. The minimum Gasteiger partial charge on any atom is -0.338 e. The molecule has 0 atom stereocenters. The molecule has 0 heterocycles. The van der Waals surface area contributed by atoms with Gasteiger partial charge in [0, 0.05) is 23.7 Å². The molecule has 0 aliphatic rings. The summed E-state index contributed by atoms with van der Waals surface area (Å²) in [5, 5.41) is 2.43. The summed E-state index contributed by atoms with van der Waals surface area (Å²) in [7, 11) is 0. The Bertz CT molecular complexity index is 580. The molecular formula is C21H31NO4. The number of nitrogens with one attached hydrogen (secondary N) is 1. The average Bonchev–Trinajstić information content (AvgIpc) is 2.49. The Morgan fingerprint density at radius 1 is 0.731 bits per heavy atom. The highest BCUT2D eigenvalue weighted by Crippen LogP contribution is 2.17. The molecule has 5 heteroatoms. The topological polar surface area (TPSA) is 80.3 Å². The highest BCUT2D eigenvalue weighted by Gasteiger charge is 2.21. The molecule has 0 aromatic carbocycles. The van der Waals surface area contributed by atoms with Gasteiger partial charge >= 0.3 is 0 Å². The normalized spacial score (nSPS) is 10.0. The lowest BCUT2D eigenvalue weighted by atomic mass is 9.88. The first-order valence-corrected chi connectivity index (χ1v) is 8.48. The van der Waals surface area contributed by atoms with Crippen LogP contribution in [0.4, 0.5) is 0 Å². The molecule has 0 fully saturated rings. The van der Waals surface area contributed by atoms with E-state index in [4.69, 9.17) is 0 Å². The Labute approximate surface area is 157 Å². The van der Waals surface area contributed by atoms with E-state index in [1.165, 1.54) is 0 Å². The van der Waals surface area contributed by atoms with Crippen molar-refractivity contribution >= 4 is 23.3 Å². The molecule has 5 nitrogen and oxygen atoms in total. The van der Waals surface area contributed by atoms with E-state index < -0.39 is 11.3 Å². The second-order valence-corrected chi connectivity index (χ2v) is 7.70. The van der Waals surface area contributed by atoms with Gasteiger partial charge in [-0.15, -0.1) is 0 Å². The smallest absolute Gasteiger partial charge is 0.296 e. The Kier molecular flexibility index (Phi) is 12.0. The van der Waals surface area contributed by atoms with Gasteiger partial charge < -0.3 is 5.32 Å². The van der Waals surface area contributed by atoms with Gasteiger partial charge in [-0.1, -0.05) is 53.4 Å². The molecule has 0 spiro atoms. The molecule has 1 amide bonds. The summed E-state index contributed by atoms with van der Waals surface area (Å²) in [6.45, 7) is 14.2. The van der Waals surface area contributed by atoms with Gasteiger partial charge in [0.1, 0.15) is 5.78 Å². The van der Waals surface area contributed by atoms with Crippen molar-refractivity contribution in [2.24, 2.45) is 10.8 Å². The summed E-state index contributed by atoms with van der Waals surface area (Å²) in [5.74, 6) is 9.24. The predicted molar refractivity (Wildman–Crippen MR) is 103 cm³/mol. The van der Waals surface area contributed by atoms with E-state index in [9.17, 15) is 19.2 Å². The van der Waals surface area contributed by atoms with Crippen molar-refractivity contribution in [2.75, 3.05) is 6.54 Å². The summed E-state index contributed by atoms with van der Waals surface area (Å²) in [6.07, 6.45) is 0.550. The number of rotatable bonds is 5. The fourth-order valence-corrected chi connectivity index (χ4v) is 1.39. The van der Waals surface area contributed by atoms with Gasteiger partial charge in [0.15, 0.2) is 5.78 Å². The summed E-state index contributed by atoms with van der Waals surface area (Å²) in [6, 6.07) is 0.